The molecule has 0 aromatic carbocycles. The average molecular weight is 289 g/mol. The lowest BCUT2D eigenvalue weighted by Gasteiger charge is -2.09. The van der Waals surface area contributed by atoms with Gasteiger partial charge in [0.25, 0.3) is 0 Å². The van der Waals surface area contributed by atoms with E-state index in [1.54, 1.807) is 22.2 Å². The van der Waals surface area contributed by atoms with Crippen LogP contribution < -0.4 is 10.6 Å². The van der Waals surface area contributed by atoms with Crippen molar-refractivity contribution in [3.63, 3.8) is 0 Å². The molecule has 20 heavy (non-hydrogen) atoms. The van der Waals surface area contributed by atoms with Crippen LogP contribution in [0.5, 0.6) is 0 Å². The van der Waals surface area contributed by atoms with Crippen molar-refractivity contribution < 1.29 is 0 Å². The first-order chi connectivity index (χ1) is 9.86. The summed E-state index contributed by atoms with van der Waals surface area (Å²) >= 11 is 1.61. The predicted molar refractivity (Wildman–Crippen MR) is 80.1 cm³/mol. The number of nitrogens with one attached hydrogen (secondary N) is 2. The van der Waals surface area contributed by atoms with Gasteiger partial charge in [-0.05, 0) is 18.4 Å². The van der Waals surface area contributed by atoms with Gasteiger partial charge < -0.3 is 10.6 Å². The van der Waals surface area contributed by atoms with Gasteiger partial charge in [-0.3, -0.25) is 4.68 Å². The second-order valence-corrected chi connectivity index (χ2v) is 5.05. The van der Waals surface area contributed by atoms with E-state index in [1.807, 2.05) is 24.6 Å². The van der Waals surface area contributed by atoms with E-state index in [1.165, 1.54) is 0 Å². The normalized spacial score (nSPS) is 10.8. The van der Waals surface area contributed by atoms with E-state index in [9.17, 15) is 0 Å². The third-order valence-corrected chi connectivity index (χ3v) is 3.57. The van der Waals surface area contributed by atoms with E-state index in [0.717, 1.165) is 35.7 Å². The van der Waals surface area contributed by atoms with Crippen molar-refractivity contribution in [3.8, 4) is 0 Å². The molecule has 0 aliphatic carbocycles. The Balaban J connectivity index is 1.76. The Kier molecular flexibility index (Phi) is 3.73. The Labute approximate surface area is 120 Å². The summed E-state index contributed by atoms with van der Waals surface area (Å²) in [4.78, 5) is 9.97. The maximum absolute atomic E-state index is 4.51. The van der Waals surface area contributed by atoms with Crippen LogP contribution >= 0.6 is 11.3 Å². The molecule has 2 N–H and O–H groups in total. The highest BCUT2D eigenvalue weighted by Gasteiger charge is 2.08. The van der Waals surface area contributed by atoms with E-state index in [2.05, 4.69) is 30.9 Å². The molecule has 0 amide bonds. The molecule has 0 fully saturated rings. The van der Waals surface area contributed by atoms with Crippen molar-refractivity contribution in [1.82, 2.24) is 25.0 Å². The predicted octanol–water partition coefficient (Wildman–Crippen LogP) is 1.83. The second kappa shape index (κ2) is 5.83. The number of fused-ring (bicyclic) bond motifs is 1. The molecule has 7 nitrogen and oxygen atoms in total. The van der Waals surface area contributed by atoms with Crippen molar-refractivity contribution in [2.45, 2.75) is 13.5 Å². The molecule has 0 aliphatic heterocycles. The zero-order valence-corrected chi connectivity index (χ0v) is 11.9. The molecule has 3 aromatic rings. The van der Waals surface area contributed by atoms with Gasteiger partial charge >= 0.3 is 0 Å². The monoisotopic (exact) mass is 289 g/mol. The van der Waals surface area contributed by atoms with Crippen molar-refractivity contribution >= 4 is 33.3 Å². The molecule has 0 radical (unpaired) electrons. The molecule has 104 valence electrons. The molecule has 3 heterocycles. The highest BCUT2D eigenvalue weighted by molar-refractivity contribution is 7.16. The second-order valence-electron chi connectivity index (χ2n) is 4.16. The van der Waals surface area contributed by atoms with E-state index >= 15 is 0 Å². The van der Waals surface area contributed by atoms with Gasteiger partial charge in [0.15, 0.2) is 0 Å². The number of hydrogen-bond donors (Lipinski definition) is 2. The fraction of sp³-hybridized carbons (Fsp3) is 0.333. The third kappa shape index (κ3) is 2.69. The molecular weight excluding hydrogens is 274 g/mol. The SMILES string of the molecule is CCNc1nc(NCCn2ccnn2)c2ccsc2n1. The zero-order chi connectivity index (χ0) is 13.8. The van der Waals surface area contributed by atoms with Gasteiger partial charge in [-0.1, -0.05) is 5.21 Å². The van der Waals surface area contributed by atoms with Crippen molar-refractivity contribution in [2.75, 3.05) is 23.7 Å². The fourth-order valence-corrected chi connectivity index (χ4v) is 2.63. The highest BCUT2D eigenvalue weighted by atomic mass is 32.1. The van der Waals surface area contributed by atoms with Crippen molar-refractivity contribution in [2.24, 2.45) is 0 Å². The quantitative estimate of drug-likeness (QED) is 0.720. The van der Waals surface area contributed by atoms with Gasteiger partial charge in [0.2, 0.25) is 5.95 Å². The molecule has 3 rings (SSSR count). The molecule has 0 saturated carbocycles. The maximum atomic E-state index is 4.51. The summed E-state index contributed by atoms with van der Waals surface area (Å²) in [7, 11) is 0. The maximum Gasteiger partial charge on any atom is 0.226 e. The first-order valence-corrected chi connectivity index (χ1v) is 7.32. The van der Waals surface area contributed by atoms with E-state index in [0.29, 0.717) is 5.95 Å². The summed E-state index contributed by atoms with van der Waals surface area (Å²) in [6, 6.07) is 2.04. The molecule has 0 spiro atoms. The smallest absolute Gasteiger partial charge is 0.226 e. The molecule has 0 aliphatic rings. The molecule has 8 heteroatoms. The largest absolute Gasteiger partial charge is 0.368 e. The minimum atomic E-state index is 0.658. The van der Waals surface area contributed by atoms with Crippen LogP contribution in [0.1, 0.15) is 6.92 Å². The standard InChI is InChI=1S/C12H15N7S/c1-2-13-12-16-10(9-3-8-20-11(9)17-12)14-4-6-19-7-5-15-18-19/h3,5,7-8H,2,4,6H2,1H3,(H2,13,14,16,17). The minimum absolute atomic E-state index is 0.658. The molecule has 0 unspecified atom stereocenters. The van der Waals surface area contributed by atoms with Crippen LogP contribution in [-0.4, -0.2) is 38.1 Å². The van der Waals surface area contributed by atoms with Gasteiger partial charge in [0.1, 0.15) is 10.6 Å². The Morgan fingerprint density at radius 1 is 1.30 bits per heavy atom. The first kappa shape index (κ1) is 12.8. The highest BCUT2D eigenvalue weighted by Crippen LogP contribution is 2.26. The van der Waals surface area contributed by atoms with E-state index < -0.39 is 0 Å². The van der Waals surface area contributed by atoms with Crippen molar-refractivity contribution in [3.05, 3.63) is 23.8 Å². The number of rotatable bonds is 6. The number of nitrogens with zero attached hydrogens (tertiary/aromatic N) is 5. The fourth-order valence-electron chi connectivity index (χ4n) is 1.87. The van der Waals surface area contributed by atoms with E-state index in [-0.39, 0.29) is 0 Å². The number of thiophene rings is 1. The Morgan fingerprint density at radius 2 is 2.25 bits per heavy atom. The van der Waals surface area contributed by atoms with Crippen LogP contribution in [0.2, 0.25) is 0 Å². The summed E-state index contributed by atoms with van der Waals surface area (Å²) < 4.78 is 1.78. The summed E-state index contributed by atoms with van der Waals surface area (Å²) in [6.45, 7) is 4.30. The number of aromatic nitrogens is 5. The lowest BCUT2D eigenvalue weighted by Crippen LogP contribution is -2.13. The number of hydrogen-bond acceptors (Lipinski definition) is 7. The topological polar surface area (TPSA) is 80.5 Å². The van der Waals surface area contributed by atoms with Gasteiger partial charge in [-0.25, -0.2) is 4.98 Å². The number of anilines is 2. The van der Waals surface area contributed by atoms with Gasteiger partial charge in [0, 0.05) is 19.3 Å². The Hall–Kier alpha value is -2.22. The first-order valence-electron chi connectivity index (χ1n) is 6.44. The summed E-state index contributed by atoms with van der Waals surface area (Å²) in [6.07, 6.45) is 3.51. The molecule has 0 bridgehead atoms. The zero-order valence-electron chi connectivity index (χ0n) is 11.1. The summed E-state index contributed by atoms with van der Waals surface area (Å²) in [5.74, 6) is 1.51. The minimum Gasteiger partial charge on any atom is -0.368 e. The molecule has 0 saturated heterocycles. The van der Waals surface area contributed by atoms with Gasteiger partial charge in [-0.2, -0.15) is 4.98 Å². The lowest BCUT2D eigenvalue weighted by atomic mass is 10.4. The molecule has 3 aromatic heterocycles. The van der Waals surface area contributed by atoms with Gasteiger partial charge in [-0.15, -0.1) is 16.4 Å². The van der Waals surface area contributed by atoms with Gasteiger partial charge in [0.05, 0.1) is 18.1 Å². The third-order valence-electron chi connectivity index (χ3n) is 2.77. The van der Waals surface area contributed by atoms with Crippen LogP contribution in [0.25, 0.3) is 10.2 Å². The summed E-state index contributed by atoms with van der Waals surface area (Å²) in [5.41, 5.74) is 0. The van der Waals surface area contributed by atoms with Crippen LogP contribution in [0.15, 0.2) is 23.8 Å². The van der Waals surface area contributed by atoms with E-state index in [4.69, 9.17) is 0 Å². The molecular formula is C12H15N7S. The summed E-state index contributed by atoms with van der Waals surface area (Å²) in [5, 5.41) is 17.3. The van der Waals surface area contributed by atoms with Crippen LogP contribution in [0, 0.1) is 0 Å². The van der Waals surface area contributed by atoms with Crippen molar-refractivity contribution in [1.29, 1.82) is 0 Å². The molecule has 0 atom stereocenters. The Morgan fingerprint density at radius 3 is 3.05 bits per heavy atom. The Bertz CT molecular complexity index is 676. The van der Waals surface area contributed by atoms with Crippen LogP contribution in [-0.2, 0) is 6.54 Å². The average Bonchev–Trinajstić information content (AvgIpc) is 3.09. The van der Waals surface area contributed by atoms with Crippen LogP contribution in [0.3, 0.4) is 0 Å². The lowest BCUT2D eigenvalue weighted by molar-refractivity contribution is 0.608. The van der Waals surface area contributed by atoms with Crippen LogP contribution in [0.4, 0.5) is 11.8 Å².